The highest BCUT2D eigenvalue weighted by Crippen LogP contribution is 2.25. The van der Waals surface area contributed by atoms with Crippen molar-refractivity contribution >= 4 is 33.5 Å². The van der Waals surface area contributed by atoms with E-state index in [-0.39, 0.29) is 18.1 Å². The van der Waals surface area contributed by atoms with Gasteiger partial charge in [-0.25, -0.2) is 9.78 Å². The van der Waals surface area contributed by atoms with Gasteiger partial charge in [-0.05, 0) is 38.2 Å². The zero-order valence-corrected chi connectivity index (χ0v) is 16.1. The van der Waals surface area contributed by atoms with E-state index in [0.717, 1.165) is 29.7 Å². The number of aromatic nitrogens is 2. The summed E-state index contributed by atoms with van der Waals surface area (Å²) in [4.78, 5) is 42.8. The van der Waals surface area contributed by atoms with Gasteiger partial charge >= 0.3 is 6.03 Å². The molecule has 1 saturated carbocycles. The summed E-state index contributed by atoms with van der Waals surface area (Å²) in [5.74, 6) is -0.123. The lowest BCUT2D eigenvalue weighted by Gasteiger charge is -2.29. The zero-order valence-electron chi connectivity index (χ0n) is 15.3. The van der Waals surface area contributed by atoms with E-state index < -0.39 is 11.9 Å². The number of nitrogens with zero attached hydrogens (tertiary/aromatic N) is 2. The molecule has 140 valence electrons. The topological polar surface area (TPSA) is 93.1 Å². The van der Waals surface area contributed by atoms with E-state index in [0.29, 0.717) is 16.1 Å². The van der Waals surface area contributed by atoms with E-state index in [1.54, 1.807) is 0 Å². The molecule has 1 aliphatic carbocycles. The molecule has 3 amide bonds. The van der Waals surface area contributed by atoms with Crippen LogP contribution in [-0.4, -0.2) is 27.5 Å². The van der Waals surface area contributed by atoms with Crippen molar-refractivity contribution in [2.75, 3.05) is 0 Å². The van der Waals surface area contributed by atoms with Crippen molar-refractivity contribution in [3.8, 4) is 0 Å². The molecule has 7 nitrogen and oxygen atoms in total. The number of urea groups is 1. The van der Waals surface area contributed by atoms with Gasteiger partial charge in [0, 0.05) is 10.9 Å². The lowest BCUT2D eigenvalue weighted by Crippen LogP contribution is -2.48. The molecule has 0 aromatic carbocycles. The number of fused-ring (bicyclic) bond motifs is 1. The van der Waals surface area contributed by atoms with E-state index in [9.17, 15) is 14.4 Å². The molecule has 0 unspecified atom stereocenters. The number of carbonyl (C=O) groups is 2. The maximum atomic E-state index is 12.6. The lowest BCUT2D eigenvalue weighted by molar-refractivity contribution is -0.120. The first kappa shape index (κ1) is 18.6. The predicted octanol–water partition coefficient (Wildman–Crippen LogP) is 2.48. The van der Waals surface area contributed by atoms with Crippen molar-refractivity contribution in [2.24, 2.45) is 5.92 Å². The number of rotatable bonds is 3. The molecule has 8 heteroatoms. The van der Waals surface area contributed by atoms with Gasteiger partial charge < -0.3 is 5.32 Å². The van der Waals surface area contributed by atoms with Gasteiger partial charge in [0.2, 0.25) is 5.91 Å². The summed E-state index contributed by atoms with van der Waals surface area (Å²) in [5.41, 5.74) is 0.634. The van der Waals surface area contributed by atoms with Gasteiger partial charge in [-0.15, -0.1) is 11.3 Å². The Labute approximate surface area is 155 Å². The Morgan fingerprint density at radius 3 is 2.77 bits per heavy atom. The van der Waals surface area contributed by atoms with E-state index in [1.807, 2.05) is 13.8 Å². The van der Waals surface area contributed by atoms with Gasteiger partial charge in [0.15, 0.2) is 0 Å². The number of carbonyl (C=O) groups excluding carboxylic acids is 2. The summed E-state index contributed by atoms with van der Waals surface area (Å²) in [6.07, 6.45) is 5.64. The van der Waals surface area contributed by atoms with Crippen LogP contribution >= 0.6 is 11.3 Å². The number of hydrogen-bond acceptors (Lipinski definition) is 5. The number of nitrogens with one attached hydrogen (secondary N) is 2. The van der Waals surface area contributed by atoms with Gasteiger partial charge in [0.05, 0.1) is 11.7 Å². The number of hydrogen-bond donors (Lipinski definition) is 2. The van der Waals surface area contributed by atoms with Crippen molar-refractivity contribution in [1.82, 2.24) is 20.2 Å². The van der Waals surface area contributed by atoms with Crippen LogP contribution in [0.2, 0.25) is 0 Å². The Morgan fingerprint density at radius 2 is 2.04 bits per heavy atom. The van der Waals surface area contributed by atoms with Gasteiger partial charge in [-0.3, -0.25) is 19.5 Å². The van der Waals surface area contributed by atoms with Gasteiger partial charge in [0.25, 0.3) is 5.56 Å². The molecule has 2 aromatic heterocycles. The fraction of sp³-hybridized carbons (Fsp3) is 0.556. The largest absolute Gasteiger partial charge is 0.335 e. The first-order valence-corrected chi connectivity index (χ1v) is 9.74. The Morgan fingerprint density at radius 1 is 1.31 bits per heavy atom. The highest BCUT2D eigenvalue weighted by molar-refractivity contribution is 7.18. The lowest BCUT2D eigenvalue weighted by atomic mass is 9.86. The molecule has 1 aliphatic rings. The third-order valence-electron chi connectivity index (χ3n) is 5.15. The van der Waals surface area contributed by atoms with Crippen LogP contribution in [0.1, 0.15) is 43.0 Å². The van der Waals surface area contributed by atoms with Crippen molar-refractivity contribution in [3.63, 3.8) is 0 Å². The minimum absolute atomic E-state index is 0.0914. The van der Waals surface area contributed by atoms with Gasteiger partial charge in [-0.2, -0.15) is 0 Å². The minimum Gasteiger partial charge on any atom is -0.335 e. The first-order chi connectivity index (χ1) is 12.4. The Kier molecular flexibility index (Phi) is 5.41. The minimum atomic E-state index is -0.529. The number of imide groups is 1. The average Bonchev–Trinajstić information content (AvgIpc) is 2.87. The second-order valence-corrected chi connectivity index (χ2v) is 8.23. The maximum Gasteiger partial charge on any atom is 0.321 e. The fourth-order valence-electron chi connectivity index (χ4n) is 3.44. The molecule has 0 spiro atoms. The maximum absolute atomic E-state index is 12.6. The molecule has 2 aromatic rings. The molecule has 0 bridgehead atoms. The number of amides is 3. The SMILES string of the molecule is Cc1sc2ncn(CC(=O)NC(=O)N[C@H]3CCCC[C@@H]3C)c(=O)c2c1C. The van der Waals surface area contributed by atoms with Gasteiger partial charge in [-0.1, -0.05) is 19.8 Å². The van der Waals surface area contributed by atoms with E-state index in [2.05, 4.69) is 22.5 Å². The van der Waals surface area contributed by atoms with E-state index in [1.165, 1.54) is 28.7 Å². The molecule has 0 aliphatic heterocycles. The monoisotopic (exact) mass is 376 g/mol. The smallest absolute Gasteiger partial charge is 0.321 e. The highest BCUT2D eigenvalue weighted by Gasteiger charge is 2.23. The highest BCUT2D eigenvalue weighted by atomic mass is 32.1. The van der Waals surface area contributed by atoms with Crippen LogP contribution in [0, 0.1) is 19.8 Å². The number of thiophene rings is 1. The molecule has 2 heterocycles. The van der Waals surface area contributed by atoms with Crippen LogP contribution in [0.15, 0.2) is 11.1 Å². The molecular formula is C18H24N4O3S. The molecule has 1 fully saturated rings. The molecule has 2 atom stereocenters. The summed E-state index contributed by atoms with van der Waals surface area (Å²) in [6, 6.07) is -0.410. The van der Waals surface area contributed by atoms with Crippen LogP contribution in [0.4, 0.5) is 4.79 Å². The summed E-state index contributed by atoms with van der Waals surface area (Å²) < 4.78 is 1.24. The average molecular weight is 376 g/mol. The van der Waals surface area contributed by atoms with Crippen LogP contribution in [0.3, 0.4) is 0 Å². The third-order valence-corrected chi connectivity index (χ3v) is 6.27. The Hall–Kier alpha value is -2.22. The van der Waals surface area contributed by atoms with E-state index >= 15 is 0 Å². The second kappa shape index (κ2) is 7.57. The second-order valence-electron chi connectivity index (χ2n) is 7.03. The summed E-state index contributed by atoms with van der Waals surface area (Å²) in [6.45, 7) is 5.69. The fourth-order valence-corrected chi connectivity index (χ4v) is 4.43. The van der Waals surface area contributed by atoms with Crippen LogP contribution in [0.25, 0.3) is 10.2 Å². The Balaban J connectivity index is 1.65. The van der Waals surface area contributed by atoms with Crippen LogP contribution in [0.5, 0.6) is 0 Å². The zero-order chi connectivity index (χ0) is 18.8. The normalized spacial score (nSPS) is 20.1. The summed E-state index contributed by atoms with van der Waals surface area (Å²) in [7, 11) is 0. The van der Waals surface area contributed by atoms with Crippen molar-refractivity contribution in [1.29, 1.82) is 0 Å². The quantitative estimate of drug-likeness (QED) is 0.861. The Bertz CT molecular complexity index is 902. The van der Waals surface area contributed by atoms with Crippen LogP contribution in [-0.2, 0) is 11.3 Å². The predicted molar refractivity (Wildman–Crippen MR) is 101 cm³/mol. The first-order valence-electron chi connectivity index (χ1n) is 8.92. The molecule has 0 radical (unpaired) electrons. The molecule has 0 saturated heterocycles. The summed E-state index contributed by atoms with van der Waals surface area (Å²) >= 11 is 1.46. The number of aryl methyl sites for hydroxylation is 2. The van der Waals surface area contributed by atoms with Crippen molar-refractivity contribution in [2.45, 2.75) is 59.0 Å². The van der Waals surface area contributed by atoms with Crippen molar-refractivity contribution in [3.05, 3.63) is 27.1 Å². The molecule has 3 rings (SSSR count). The summed E-state index contributed by atoms with van der Waals surface area (Å²) in [5, 5.41) is 5.73. The van der Waals surface area contributed by atoms with Crippen LogP contribution < -0.4 is 16.2 Å². The standard InChI is InChI=1S/C18H24N4O3S/c1-10-6-4-5-7-13(10)20-18(25)21-14(23)8-22-9-19-16-15(17(22)24)11(2)12(3)26-16/h9-10,13H,4-8H2,1-3H3,(H2,20,21,23,25)/t10-,13-/m0/s1. The van der Waals surface area contributed by atoms with Crippen molar-refractivity contribution < 1.29 is 9.59 Å². The molecular weight excluding hydrogens is 352 g/mol. The van der Waals surface area contributed by atoms with Gasteiger partial charge in [0.1, 0.15) is 11.4 Å². The molecule has 26 heavy (non-hydrogen) atoms. The van der Waals surface area contributed by atoms with E-state index in [4.69, 9.17) is 0 Å². The molecule has 2 N–H and O–H groups in total. The third kappa shape index (κ3) is 3.80.